The molecule has 0 amide bonds. The molecule has 3 aromatic rings. The summed E-state index contributed by atoms with van der Waals surface area (Å²) in [7, 11) is 0. The van der Waals surface area contributed by atoms with Gasteiger partial charge in [0.15, 0.2) is 5.69 Å². The second kappa shape index (κ2) is 8.45. The molecule has 0 aliphatic rings. The van der Waals surface area contributed by atoms with Crippen molar-refractivity contribution < 1.29 is 13.2 Å². The van der Waals surface area contributed by atoms with E-state index in [-0.39, 0.29) is 22.9 Å². The van der Waals surface area contributed by atoms with Crippen molar-refractivity contribution in [1.29, 1.82) is 5.26 Å². The molecule has 0 fully saturated rings. The number of hydrogen-bond acceptors (Lipinski definition) is 5. The number of rotatable bonds is 4. The Labute approximate surface area is 169 Å². The molecule has 2 aromatic carbocycles. The Bertz CT molecular complexity index is 1220. The molecule has 2 N–H and O–H groups in total. The van der Waals surface area contributed by atoms with E-state index in [0.717, 1.165) is 28.3 Å². The normalized spacial score (nSPS) is 11.8. The van der Waals surface area contributed by atoms with E-state index < -0.39 is 17.4 Å². The number of nitrogens with two attached hydrogens (primary N) is 1. The molecule has 0 aliphatic heterocycles. The van der Waals surface area contributed by atoms with E-state index in [1.54, 1.807) is 18.2 Å². The maximum absolute atomic E-state index is 13.0. The minimum atomic E-state index is -4.60. The van der Waals surface area contributed by atoms with Gasteiger partial charge in [-0.25, -0.2) is 14.4 Å². The van der Waals surface area contributed by atoms with Gasteiger partial charge in [-0.3, -0.25) is 0 Å². The predicted molar refractivity (Wildman–Crippen MR) is 108 cm³/mol. The van der Waals surface area contributed by atoms with E-state index in [4.69, 9.17) is 5.73 Å². The molecule has 0 atom stereocenters. The smallest absolute Gasteiger partial charge is 0.383 e. The van der Waals surface area contributed by atoms with Crippen LogP contribution >= 0.6 is 0 Å². The summed E-state index contributed by atoms with van der Waals surface area (Å²) in [5.41, 5.74) is 4.38. The van der Waals surface area contributed by atoms with Crippen LogP contribution in [0.5, 0.6) is 0 Å². The third-order valence-corrected chi connectivity index (χ3v) is 4.02. The van der Waals surface area contributed by atoms with Crippen molar-refractivity contribution in [3.05, 3.63) is 88.0 Å². The number of nitriles is 1. The zero-order chi connectivity index (χ0) is 21.7. The van der Waals surface area contributed by atoms with Crippen LogP contribution in [0.15, 0.2) is 70.5 Å². The van der Waals surface area contributed by atoms with E-state index >= 15 is 0 Å². The number of nitrogen functional groups attached to an aromatic ring is 1. The highest BCUT2D eigenvalue weighted by Gasteiger charge is 2.31. The molecule has 0 unspecified atom stereocenters. The first-order valence-corrected chi connectivity index (χ1v) is 8.57. The third-order valence-electron chi connectivity index (χ3n) is 4.02. The average molecular weight is 409 g/mol. The van der Waals surface area contributed by atoms with Crippen LogP contribution in [0.25, 0.3) is 11.8 Å². The first-order chi connectivity index (χ1) is 14.3. The summed E-state index contributed by atoms with van der Waals surface area (Å²) in [6.07, 6.45) is 0.0947. The van der Waals surface area contributed by atoms with Crippen LogP contribution in [0.4, 0.5) is 24.7 Å². The number of aliphatic imine (C=N–C) groups is 1. The molecule has 0 saturated carbocycles. The monoisotopic (exact) mass is 409 g/mol. The van der Waals surface area contributed by atoms with Gasteiger partial charge in [0.25, 0.3) is 0 Å². The maximum Gasteiger partial charge on any atom is 0.416 e. The number of aromatic nitrogens is 2. The highest BCUT2D eigenvalue weighted by atomic mass is 19.4. The Morgan fingerprint density at radius 2 is 1.87 bits per heavy atom. The van der Waals surface area contributed by atoms with E-state index in [2.05, 4.69) is 9.98 Å². The summed E-state index contributed by atoms with van der Waals surface area (Å²) in [4.78, 5) is 20.0. The highest BCUT2D eigenvalue weighted by Crippen LogP contribution is 2.31. The predicted octanol–water partition coefficient (Wildman–Crippen LogP) is 4.12. The van der Waals surface area contributed by atoms with E-state index in [1.165, 1.54) is 12.3 Å². The Hall–Kier alpha value is -4.19. The minimum Gasteiger partial charge on any atom is -0.383 e. The second-order valence-electron chi connectivity index (χ2n) is 6.02. The van der Waals surface area contributed by atoms with Gasteiger partial charge in [0.05, 0.1) is 11.3 Å². The fourth-order valence-electron chi connectivity index (χ4n) is 2.64. The maximum atomic E-state index is 13.0. The number of alkyl halides is 3. The third kappa shape index (κ3) is 4.44. The highest BCUT2D eigenvalue weighted by molar-refractivity contribution is 5.83. The topological polar surface area (TPSA) is 97.1 Å². The molecule has 0 spiro atoms. The quantitative estimate of drug-likeness (QED) is 0.656. The van der Waals surface area contributed by atoms with Crippen molar-refractivity contribution in [3.8, 4) is 11.8 Å². The molecule has 0 bridgehead atoms. The summed E-state index contributed by atoms with van der Waals surface area (Å²) in [5.74, 6) is -0.296. The zero-order valence-electron chi connectivity index (χ0n) is 15.3. The number of anilines is 1. The Morgan fingerprint density at radius 1 is 1.13 bits per heavy atom. The van der Waals surface area contributed by atoms with E-state index in [9.17, 15) is 23.2 Å². The molecular weight excluding hydrogens is 395 g/mol. The van der Waals surface area contributed by atoms with Gasteiger partial charge in [0, 0.05) is 6.21 Å². The fraction of sp³-hybridized carbons (Fsp3) is 0.0476. The number of hydrogen-bond donors (Lipinski definition) is 1. The summed E-state index contributed by atoms with van der Waals surface area (Å²) in [5, 5.41) is 9.26. The second-order valence-corrected chi connectivity index (χ2v) is 6.02. The number of allylic oxidation sites excluding steroid dienone is 1. The minimum absolute atomic E-state index is 0.118. The average Bonchev–Trinajstić information content (AvgIpc) is 2.72. The van der Waals surface area contributed by atoms with E-state index in [1.807, 2.05) is 30.3 Å². The molecule has 0 radical (unpaired) electrons. The molecule has 3 rings (SSSR count). The zero-order valence-corrected chi connectivity index (χ0v) is 15.3. The molecule has 6 nitrogen and oxygen atoms in total. The SMILES string of the molecule is N#Cc1nc(=O)n(-c2cccc(C(F)(F)F)c2)c(N)c1N=CC=Cc1ccccc1. The van der Waals surface area contributed by atoms with Crippen molar-refractivity contribution >= 4 is 23.8 Å². The van der Waals surface area contributed by atoms with Crippen LogP contribution in [0, 0.1) is 11.3 Å². The van der Waals surface area contributed by atoms with Crippen LogP contribution in [-0.4, -0.2) is 15.8 Å². The van der Waals surface area contributed by atoms with Crippen molar-refractivity contribution in [2.45, 2.75) is 6.18 Å². The van der Waals surface area contributed by atoms with Gasteiger partial charge in [-0.05, 0) is 29.8 Å². The van der Waals surface area contributed by atoms with Gasteiger partial charge in [0.2, 0.25) is 0 Å². The summed E-state index contributed by atoms with van der Waals surface area (Å²) < 4.78 is 39.8. The van der Waals surface area contributed by atoms with Crippen molar-refractivity contribution in [1.82, 2.24) is 9.55 Å². The van der Waals surface area contributed by atoms with Gasteiger partial charge in [0.1, 0.15) is 17.6 Å². The van der Waals surface area contributed by atoms with E-state index in [0.29, 0.717) is 0 Å². The molecule has 30 heavy (non-hydrogen) atoms. The summed E-state index contributed by atoms with van der Waals surface area (Å²) >= 11 is 0. The first-order valence-electron chi connectivity index (χ1n) is 8.57. The largest absolute Gasteiger partial charge is 0.416 e. The van der Waals surface area contributed by atoms with Crippen molar-refractivity contribution in [3.63, 3.8) is 0 Å². The Kier molecular flexibility index (Phi) is 5.78. The van der Waals surface area contributed by atoms with Crippen molar-refractivity contribution in [2.24, 2.45) is 4.99 Å². The number of halogens is 3. The number of benzene rings is 2. The molecule has 0 aliphatic carbocycles. The van der Waals surface area contributed by atoms with Crippen LogP contribution < -0.4 is 11.4 Å². The lowest BCUT2D eigenvalue weighted by Gasteiger charge is -2.13. The van der Waals surface area contributed by atoms with Crippen LogP contribution in [0.1, 0.15) is 16.8 Å². The fourth-order valence-corrected chi connectivity index (χ4v) is 2.64. The van der Waals surface area contributed by atoms with Crippen molar-refractivity contribution in [2.75, 3.05) is 5.73 Å². The molecular formula is C21H14F3N5O. The van der Waals surface area contributed by atoms with Crippen LogP contribution in [0.2, 0.25) is 0 Å². The molecule has 0 saturated heterocycles. The Morgan fingerprint density at radius 3 is 2.53 bits per heavy atom. The van der Waals surface area contributed by atoms with Crippen LogP contribution in [-0.2, 0) is 6.18 Å². The van der Waals surface area contributed by atoms with Gasteiger partial charge in [-0.2, -0.15) is 23.4 Å². The molecule has 1 aromatic heterocycles. The molecule has 9 heteroatoms. The molecule has 1 heterocycles. The lowest BCUT2D eigenvalue weighted by molar-refractivity contribution is -0.137. The Balaban J connectivity index is 2.06. The lowest BCUT2D eigenvalue weighted by Crippen LogP contribution is -2.25. The van der Waals surface area contributed by atoms with Gasteiger partial charge < -0.3 is 5.73 Å². The summed E-state index contributed by atoms with van der Waals surface area (Å²) in [6.45, 7) is 0. The number of nitrogens with zero attached hydrogens (tertiary/aromatic N) is 4. The summed E-state index contributed by atoms with van der Waals surface area (Å²) in [6, 6.07) is 15.1. The standard InChI is InChI=1S/C21H14F3N5O/c22-21(23,24)15-9-4-10-16(12-15)29-19(26)18(17(13-25)28-20(29)30)27-11-5-8-14-6-2-1-3-7-14/h1-12H,26H2. The van der Waals surface area contributed by atoms with Gasteiger partial charge in [-0.1, -0.05) is 42.5 Å². The first kappa shape index (κ1) is 20.5. The van der Waals surface area contributed by atoms with Crippen LogP contribution in [0.3, 0.4) is 0 Å². The lowest BCUT2D eigenvalue weighted by atomic mass is 10.2. The van der Waals surface area contributed by atoms with Gasteiger partial charge in [-0.15, -0.1) is 0 Å². The van der Waals surface area contributed by atoms with Gasteiger partial charge >= 0.3 is 11.9 Å². The molecule has 150 valence electrons.